The van der Waals surface area contributed by atoms with Crippen LogP contribution in [-0.4, -0.2) is 16.9 Å². The zero-order chi connectivity index (χ0) is 8.81. The van der Waals surface area contributed by atoms with Gasteiger partial charge in [0, 0.05) is 10.3 Å². The highest BCUT2D eigenvalue weighted by Gasteiger charge is 1.97. The molecule has 0 spiro atoms. The number of carbonyl (C=O) groups excluding carboxylic acids is 1. The number of carbonyl (C=O) groups is 1. The van der Waals surface area contributed by atoms with Gasteiger partial charge in [0.1, 0.15) is 0 Å². The second kappa shape index (κ2) is 5.06. The van der Waals surface area contributed by atoms with Crippen LogP contribution in [0.3, 0.4) is 0 Å². The maximum Gasteiger partial charge on any atom is 0.176 e. The molecule has 0 aliphatic carbocycles. The molecule has 0 fully saturated rings. The van der Waals surface area contributed by atoms with Crippen molar-refractivity contribution in [2.24, 2.45) is 0 Å². The summed E-state index contributed by atoms with van der Waals surface area (Å²) in [6.45, 7) is 0. The van der Waals surface area contributed by atoms with Gasteiger partial charge in [-0.15, -0.1) is 11.8 Å². The van der Waals surface area contributed by atoms with Crippen LogP contribution in [0.25, 0.3) is 0 Å². The number of rotatable bonds is 4. The van der Waals surface area contributed by atoms with Crippen molar-refractivity contribution in [1.29, 1.82) is 0 Å². The van der Waals surface area contributed by atoms with Gasteiger partial charge in [-0.1, -0.05) is 30.4 Å². The van der Waals surface area contributed by atoms with Crippen LogP contribution in [0, 0.1) is 0 Å². The normalized spacial score (nSPS) is 9.33. The van der Waals surface area contributed by atoms with Gasteiger partial charge in [0.15, 0.2) is 5.78 Å². The predicted octanol–water partition coefficient (Wildman–Crippen LogP) is 2.35. The van der Waals surface area contributed by atoms with Crippen LogP contribution in [-0.2, 0) is 4.79 Å². The monoisotopic (exact) mass is 196 g/mol. The first-order valence-electron chi connectivity index (χ1n) is 3.49. The summed E-state index contributed by atoms with van der Waals surface area (Å²) in [7, 11) is 0. The van der Waals surface area contributed by atoms with Crippen LogP contribution in [0.4, 0.5) is 0 Å². The number of ketones is 1. The molecule has 0 radical (unpaired) electrons. The molecule has 0 aromatic heterocycles. The van der Waals surface area contributed by atoms with E-state index in [2.05, 4.69) is 12.2 Å². The Balaban J connectivity index is 2.43. The topological polar surface area (TPSA) is 17.1 Å². The Labute approximate surface area is 81.2 Å². The lowest BCUT2D eigenvalue weighted by molar-refractivity contribution is -0.110. The molecule has 3 heteroatoms. The highest BCUT2D eigenvalue weighted by atomic mass is 32.2. The van der Waals surface area contributed by atoms with Crippen LogP contribution in [0.15, 0.2) is 35.2 Å². The van der Waals surface area contributed by atoms with Gasteiger partial charge in [-0.05, 0) is 12.1 Å². The molecule has 0 aliphatic rings. The van der Waals surface area contributed by atoms with Crippen molar-refractivity contribution < 1.29 is 4.79 Å². The molecule has 1 nitrogen and oxygen atoms in total. The lowest BCUT2D eigenvalue weighted by Crippen LogP contribution is -1.99. The second-order valence-electron chi connectivity index (χ2n) is 2.19. The number of thiocarbonyl (C=S) groups is 1. The van der Waals surface area contributed by atoms with E-state index in [1.807, 2.05) is 30.3 Å². The third-order valence-corrected chi connectivity index (χ3v) is 2.55. The summed E-state index contributed by atoms with van der Waals surface area (Å²) in [5.41, 5.74) is 0. The summed E-state index contributed by atoms with van der Waals surface area (Å²) >= 11 is 6.01. The minimum atomic E-state index is -0.00106. The standard InChI is InChI=1S/C9H8OS2/c10-8(6-11)7-12-9-4-2-1-3-5-9/h1-6H,7H2. The predicted molar refractivity (Wildman–Crippen MR) is 55.8 cm³/mol. The van der Waals surface area contributed by atoms with Crippen LogP contribution < -0.4 is 0 Å². The van der Waals surface area contributed by atoms with E-state index in [1.165, 1.54) is 17.1 Å². The first-order valence-corrected chi connectivity index (χ1v) is 4.94. The zero-order valence-electron chi connectivity index (χ0n) is 6.40. The van der Waals surface area contributed by atoms with Crippen LogP contribution in [0.5, 0.6) is 0 Å². The molecule has 0 atom stereocenters. The van der Waals surface area contributed by atoms with Gasteiger partial charge in [0.25, 0.3) is 0 Å². The lowest BCUT2D eigenvalue weighted by atomic mass is 10.4. The van der Waals surface area contributed by atoms with Crippen LogP contribution in [0.2, 0.25) is 0 Å². The first-order chi connectivity index (χ1) is 5.83. The number of hydrogen-bond acceptors (Lipinski definition) is 3. The summed E-state index contributed by atoms with van der Waals surface area (Å²) in [5, 5.41) is 1.19. The molecule has 0 heterocycles. The van der Waals surface area contributed by atoms with Gasteiger partial charge in [-0.2, -0.15) is 0 Å². The average Bonchev–Trinajstić information content (AvgIpc) is 2.16. The summed E-state index contributed by atoms with van der Waals surface area (Å²) in [6.07, 6.45) is 0. The summed E-state index contributed by atoms with van der Waals surface area (Å²) < 4.78 is 0. The Morgan fingerprint density at radius 3 is 2.67 bits per heavy atom. The summed E-state index contributed by atoms with van der Waals surface area (Å²) in [5.74, 6) is 0.437. The minimum Gasteiger partial charge on any atom is -0.293 e. The molecular formula is C9H8OS2. The van der Waals surface area contributed by atoms with Gasteiger partial charge < -0.3 is 0 Å². The quantitative estimate of drug-likeness (QED) is 0.543. The van der Waals surface area contributed by atoms with Crippen molar-refractivity contribution in [3.63, 3.8) is 0 Å². The Kier molecular flexibility index (Phi) is 3.97. The van der Waals surface area contributed by atoms with Gasteiger partial charge >= 0.3 is 0 Å². The molecule has 62 valence electrons. The van der Waals surface area contributed by atoms with E-state index in [0.29, 0.717) is 5.75 Å². The van der Waals surface area contributed by atoms with Crippen molar-refractivity contribution in [3.8, 4) is 0 Å². The Morgan fingerprint density at radius 2 is 2.08 bits per heavy atom. The third-order valence-electron chi connectivity index (χ3n) is 1.26. The summed E-state index contributed by atoms with van der Waals surface area (Å²) in [6, 6.07) is 9.79. The van der Waals surface area contributed by atoms with E-state index in [-0.39, 0.29) is 5.78 Å². The third kappa shape index (κ3) is 3.15. The maximum absolute atomic E-state index is 10.8. The smallest absolute Gasteiger partial charge is 0.176 e. The highest BCUT2D eigenvalue weighted by molar-refractivity contribution is 8.00. The number of hydrogen-bond donors (Lipinski definition) is 0. The van der Waals surface area contributed by atoms with E-state index in [9.17, 15) is 4.79 Å². The van der Waals surface area contributed by atoms with Crippen molar-refractivity contribution in [1.82, 2.24) is 0 Å². The second-order valence-corrected chi connectivity index (χ2v) is 3.47. The molecule has 1 aromatic carbocycles. The zero-order valence-corrected chi connectivity index (χ0v) is 8.03. The fraction of sp³-hybridized carbons (Fsp3) is 0.111. The molecule has 0 unspecified atom stereocenters. The first kappa shape index (κ1) is 9.42. The maximum atomic E-state index is 10.8. The molecule has 0 saturated heterocycles. The van der Waals surface area contributed by atoms with Crippen molar-refractivity contribution in [2.45, 2.75) is 4.90 Å². The van der Waals surface area contributed by atoms with Gasteiger partial charge in [0.05, 0.1) is 5.75 Å². The van der Waals surface area contributed by atoms with Crippen molar-refractivity contribution in [3.05, 3.63) is 30.3 Å². The van der Waals surface area contributed by atoms with E-state index in [1.54, 1.807) is 0 Å². The van der Waals surface area contributed by atoms with E-state index in [4.69, 9.17) is 0 Å². The molecule has 0 saturated carbocycles. The van der Waals surface area contributed by atoms with Crippen LogP contribution in [0.1, 0.15) is 0 Å². The molecule has 12 heavy (non-hydrogen) atoms. The Hall–Kier alpha value is -0.670. The molecule has 1 rings (SSSR count). The summed E-state index contributed by atoms with van der Waals surface area (Å²) in [4.78, 5) is 11.9. The van der Waals surface area contributed by atoms with E-state index in [0.717, 1.165) is 4.90 Å². The Bertz CT molecular complexity index is 269. The molecule has 0 amide bonds. The number of Topliss-reactive ketones (excluding diaryl/α,β-unsaturated/α-hetero) is 1. The average molecular weight is 196 g/mol. The molecule has 0 aliphatic heterocycles. The van der Waals surface area contributed by atoms with Gasteiger partial charge in [-0.3, -0.25) is 4.79 Å². The largest absolute Gasteiger partial charge is 0.293 e. The van der Waals surface area contributed by atoms with Crippen molar-refractivity contribution >= 4 is 35.1 Å². The SMILES string of the molecule is O=C(C=S)CSc1ccccc1. The van der Waals surface area contributed by atoms with Gasteiger partial charge in [0.2, 0.25) is 0 Å². The van der Waals surface area contributed by atoms with E-state index >= 15 is 0 Å². The fourth-order valence-electron chi connectivity index (χ4n) is 0.705. The van der Waals surface area contributed by atoms with E-state index < -0.39 is 0 Å². The lowest BCUT2D eigenvalue weighted by Gasteiger charge is -1.96. The number of thioether (sulfide) groups is 1. The van der Waals surface area contributed by atoms with Crippen molar-refractivity contribution in [2.75, 3.05) is 5.75 Å². The van der Waals surface area contributed by atoms with Crippen LogP contribution >= 0.6 is 24.0 Å². The number of benzene rings is 1. The fourth-order valence-corrected chi connectivity index (χ4v) is 1.64. The molecule has 0 N–H and O–H groups in total. The minimum absolute atomic E-state index is 0.00106. The van der Waals surface area contributed by atoms with Gasteiger partial charge in [-0.25, -0.2) is 0 Å². The molecule has 0 bridgehead atoms. The highest BCUT2D eigenvalue weighted by Crippen LogP contribution is 2.16. The molecular weight excluding hydrogens is 188 g/mol. The molecule has 1 aromatic rings. The Morgan fingerprint density at radius 1 is 1.42 bits per heavy atom.